The van der Waals surface area contributed by atoms with Crippen molar-refractivity contribution in [3.05, 3.63) is 59.7 Å². The van der Waals surface area contributed by atoms with E-state index in [0.717, 1.165) is 6.42 Å². The molecule has 0 saturated carbocycles. The van der Waals surface area contributed by atoms with E-state index in [0.29, 0.717) is 35.8 Å². The average Bonchev–Trinajstić information content (AvgIpc) is 2.61. The summed E-state index contributed by atoms with van der Waals surface area (Å²) in [6.07, 6.45) is 0.922. The van der Waals surface area contributed by atoms with Crippen LogP contribution in [0.25, 0.3) is 0 Å². The van der Waals surface area contributed by atoms with Crippen molar-refractivity contribution < 1.29 is 23.8 Å². The van der Waals surface area contributed by atoms with Crippen molar-refractivity contribution in [2.45, 2.75) is 20.3 Å². The number of hydrogen-bond acceptors (Lipinski definition) is 5. The number of hydrogen-bond donors (Lipinski definition) is 0. The standard InChI is InChI=1S/C19H20O5/c1-3-13-23-16-9-5-15(6-10-16)19(21)24-17-11-7-14(8-12-17)18(20)22-4-2/h5-12H,3-4,13H2,1-2H3. The first-order valence-corrected chi connectivity index (χ1v) is 7.86. The minimum Gasteiger partial charge on any atom is -0.494 e. The number of carbonyl (C=O) groups excluding carboxylic acids is 2. The molecule has 0 aliphatic rings. The quantitative estimate of drug-likeness (QED) is 0.570. The summed E-state index contributed by atoms with van der Waals surface area (Å²) in [6.45, 7) is 4.72. The molecule has 0 aliphatic carbocycles. The van der Waals surface area contributed by atoms with Crippen molar-refractivity contribution in [2.24, 2.45) is 0 Å². The Morgan fingerprint density at radius 3 is 1.88 bits per heavy atom. The van der Waals surface area contributed by atoms with Crippen molar-refractivity contribution >= 4 is 11.9 Å². The fourth-order valence-electron chi connectivity index (χ4n) is 1.95. The molecule has 0 spiro atoms. The summed E-state index contributed by atoms with van der Waals surface area (Å²) in [6, 6.07) is 13.0. The maximum absolute atomic E-state index is 12.1. The summed E-state index contributed by atoms with van der Waals surface area (Å²) >= 11 is 0. The molecular weight excluding hydrogens is 308 g/mol. The first kappa shape index (κ1) is 17.5. The molecular formula is C19H20O5. The van der Waals surface area contributed by atoms with Crippen LogP contribution in [-0.4, -0.2) is 25.2 Å². The molecule has 0 bridgehead atoms. The second-order valence-corrected chi connectivity index (χ2v) is 5.01. The van der Waals surface area contributed by atoms with E-state index < -0.39 is 11.9 Å². The highest BCUT2D eigenvalue weighted by Crippen LogP contribution is 2.17. The fraction of sp³-hybridized carbons (Fsp3) is 0.263. The Morgan fingerprint density at radius 2 is 1.33 bits per heavy atom. The second-order valence-electron chi connectivity index (χ2n) is 5.01. The molecule has 0 amide bonds. The highest BCUT2D eigenvalue weighted by molar-refractivity contribution is 5.92. The first-order chi connectivity index (χ1) is 11.6. The third-order valence-corrected chi connectivity index (χ3v) is 3.14. The molecule has 126 valence electrons. The van der Waals surface area contributed by atoms with E-state index in [1.54, 1.807) is 55.5 Å². The first-order valence-electron chi connectivity index (χ1n) is 7.86. The number of rotatable bonds is 7. The molecule has 24 heavy (non-hydrogen) atoms. The predicted octanol–water partition coefficient (Wildman–Crippen LogP) is 3.87. The average molecular weight is 328 g/mol. The van der Waals surface area contributed by atoms with Crippen molar-refractivity contribution in [3.8, 4) is 11.5 Å². The van der Waals surface area contributed by atoms with Gasteiger partial charge in [0.2, 0.25) is 0 Å². The van der Waals surface area contributed by atoms with Crippen molar-refractivity contribution in [2.75, 3.05) is 13.2 Å². The lowest BCUT2D eigenvalue weighted by atomic mass is 10.2. The van der Waals surface area contributed by atoms with Crippen molar-refractivity contribution in [1.29, 1.82) is 0 Å². The van der Waals surface area contributed by atoms with Gasteiger partial charge in [-0.1, -0.05) is 6.92 Å². The Balaban J connectivity index is 1.97. The molecule has 0 saturated heterocycles. The van der Waals surface area contributed by atoms with Gasteiger partial charge in [-0.15, -0.1) is 0 Å². The zero-order valence-electron chi connectivity index (χ0n) is 13.8. The van der Waals surface area contributed by atoms with E-state index in [-0.39, 0.29) is 0 Å². The Labute approximate surface area is 141 Å². The lowest BCUT2D eigenvalue weighted by molar-refractivity contribution is 0.0526. The topological polar surface area (TPSA) is 61.8 Å². The van der Waals surface area contributed by atoms with Gasteiger partial charge in [-0.25, -0.2) is 9.59 Å². The number of carbonyl (C=O) groups is 2. The molecule has 0 heterocycles. The number of benzene rings is 2. The van der Waals surface area contributed by atoms with Gasteiger partial charge in [0.05, 0.1) is 24.3 Å². The van der Waals surface area contributed by atoms with Crippen molar-refractivity contribution in [1.82, 2.24) is 0 Å². The van der Waals surface area contributed by atoms with Crippen LogP contribution >= 0.6 is 0 Å². The van der Waals surface area contributed by atoms with E-state index in [1.165, 1.54) is 0 Å². The predicted molar refractivity (Wildman–Crippen MR) is 89.6 cm³/mol. The summed E-state index contributed by atoms with van der Waals surface area (Å²) in [5.41, 5.74) is 0.836. The monoisotopic (exact) mass is 328 g/mol. The zero-order valence-corrected chi connectivity index (χ0v) is 13.8. The minimum absolute atomic E-state index is 0.313. The van der Waals surface area contributed by atoms with Crippen molar-refractivity contribution in [3.63, 3.8) is 0 Å². The van der Waals surface area contributed by atoms with Crippen LogP contribution in [0.1, 0.15) is 41.0 Å². The highest BCUT2D eigenvalue weighted by Gasteiger charge is 2.10. The van der Waals surface area contributed by atoms with Gasteiger partial charge in [0.15, 0.2) is 0 Å². The Hall–Kier alpha value is -2.82. The lowest BCUT2D eigenvalue weighted by Crippen LogP contribution is -2.09. The number of ether oxygens (including phenoxy) is 3. The molecule has 0 radical (unpaired) electrons. The smallest absolute Gasteiger partial charge is 0.343 e. The van der Waals surface area contributed by atoms with Gasteiger partial charge in [-0.2, -0.15) is 0 Å². The molecule has 0 aliphatic heterocycles. The van der Waals surface area contributed by atoms with Crippen LogP contribution in [0.4, 0.5) is 0 Å². The molecule has 0 aromatic heterocycles. The highest BCUT2D eigenvalue weighted by atomic mass is 16.5. The largest absolute Gasteiger partial charge is 0.494 e. The van der Waals surface area contributed by atoms with Crippen LogP contribution in [0, 0.1) is 0 Å². The van der Waals surface area contributed by atoms with Crippen LogP contribution in [0.5, 0.6) is 11.5 Å². The van der Waals surface area contributed by atoms with Gasteiger partial charge in [0.25, 0.3) is 0 Å². The summed E-state index contributed by atoms with van der Waals surface area (Å²) < 4.78 is 15.7. The maximum atomic E-state index is 12.1. The number of esters is 2. The zero-order chi connectivity index (χ0) is 17.4. The molecule has 2 rings (SSSR count). The van der Waals surface area contributed by atoms with E-state index in [2.05, 4.69) is 0 Å². The summed E-state index contributed by atoms with van der Waals surface area (Å²) in [5.74, 6) is 0.200. The molecule has 0 fully saturated rings. The third-order valence-electron chi connectivity index (χ3n) is 3.14. The normalized spacial score (nSPS) is 10.1. The van der Waals surface area contributed by atoms with Gasteiger partial charge < -0.3 is 14.2 Å². The van der Waals surface area contributed by atoms with Gasteiger partial charge in [0.1, 0.15) is 11.5 Å². The van der Waals surface area contributed by atoms with E-state index in [1.807, 2.05) is 6.92 Å². The van der Waals surface area contributed by atoms with E-state index in [9.17, 15) is 9.59 Å². The molecule has 0 atom stereocenters. The minimum atomic E-state index is -0.471. The van der Waals surface area contributed by atoms with Crippen LogP contribution in [0.15, 0.2) is 48.5 Å². The van der Waals surface area contributed by atoms with Gasteiger partial charge in [-0.05, 0) is 61.9 Å². The van der Waals surface area contributed by atoms with Gasteiger partial charge in [-0.3, -0.25) is 0 Å². The summed E-state index contributed by atoms with van der Waals surface area (Å²) in [4.78, 5) is 23.7. The Morgan fingerprint density at radius 1 is 0.792 bits per heavy atom. The van der Waals surface area contributed by atoms with Crippen LogP contribution < -0.4 is 9.47 Å². The molecule has 5 nitrogen and oxygen atoms in total. The third kappa shape index (κ3) is 4.84. The SMILES string of the molecule is CCCOc1ccc(C(=O)Oc2ccc(C(=O)OCC)cc2)cc1. The van der Waals surface area contributed by atoms with Crippen LogP contribution in [-0.2, 0) is 4.74 Å². The van der Waals surface area contributed by atoms with E-state index >= 15 is 0 Å². The molecule has 5 heteroatoms. The Bertz CT molecular complexity index is 674. The molecule has 2 aromatic rings. The Kier molecular flexibility index (Phi) is 6.37. The molecule has 0 N–H and O–H groups in total. The molecule has 0 unspecified atom stereocenters. The lowest BCUT2D eigenvalue weighted by Gasteiger charge is -2.07. The second kappa shape index (κ2) is 8.72. The van der Waals surface area contributed by atoms with Crippen LogP contribution in [0.3, 0.4) is 0 Å². The fourth-order valence-corrected chi connectivity index (χ4v) is 1.95. The van der Waals surface area contributed by atoms with Gasteiger partial charge in [0, 0.05) is 0 Å². The van der Waals surface area contributed by atoms with Gasteiger partial charge >= 0.3 is 11.9 Å². The maximum Gasteiger partial charge on any atom is 0.343 e. The summed E-state index contributed by atoms with van der Waals surface area (Å²) in [7, 11) is 0. The molecule has 2 aromatic carbocycles. The summed E-state index contributed by atoms with van der Waals surface area (Å²) in [5, 5.41) is 0. The van der Waals surface area contributed by atoms with Crippen LogP contribution in [0.2, 0.25) is 0 Å². The van der Waals surface area contributed by atoms with E-state index in [4.69, 9.17) is 14.2 Å².